The Morgan fingerprint density at radius 2 is 1.55 bits per heavy atom. The average Bonchev–Trinajstić information content (AvgIpc) is 2.75. The number of benzene rings is 3. The van der Waals surface area contributed by atoms with E-state index in [0.29, 0.717) is 13.2 Å². The summed E-state index contributed by atoms with van der Waals surface area (Å²) in [5, 5.41) is 3.65. The van der Waals surface area contributed by atoms with E-state index in [-0.39, 0.29) is 6.04 Å². The molecule has 0 unspecified atom stereocenters. The predicted octanol–water partition coefficient (Wildman–Crippen LogP) is 5.51. The van der Waals surface area contributed by atoms with Crippen LogP contribution in [0, 0.1) is 0 Å². The van der Waals surface area contributed by atoms with Crippen LogP contribution in [0.25, 0.3) is 0 Å². The van der Waals surface area contributed by atoms with E-state index < -0.39 is 0 Å². The topological polar surface area (TPSA) is 39.7 Å². The number of nitrogens with one attached hydrogen (secondary N) is 1. The highest BCUT2D eigenvalue weighted by Gasteiger charge is 2.24. The Hall–Kier alpha value is -2.98. The Balaban J connectivity index is 1.67. The minimum absolute atomic E-state index is 0.0907. The zero-order valence-electron chi connectivity index (χ0n) is 17.0. The first-order valence-electron chi connectivity index (χ1n) is 10.3. The van der Waals surface area contributed by atoms with Gasteiger partial charge in [0.25, 0.3) is 0 Å². The second-order valence-electron chi connectivity index (χ2n) is 6.99. The third-order valence-corrected chi connectivity index (χ3v) is 5.03. The number of rotatable bonds is 7. The van der Waals surface area contributed by atoms with Gasteiger partial charge in [-0.2, -0.15) is 0 Å². The molecular weight excluding hydrogens is 362 g/mol. The van der Waals surface area contributed by atoms with Gasteiger partial charge in [-0.15, -0.1) is 0 Å². The van der Waals surface area contributed by atoms with Crippen LogP contribution < -0.4 is 19.5 Å². The lowest BCUT2D eigenvalue weighted by Crippen LogP contribution is -2.30. The summed E-state index contributed by atoms with van der Waals surface area (Å²) in [7, 11) is 0. The molecule has 4 rings (SSSR count). The molecule has 1 N–H and O–H groups in total. The van der Waals surface area contributed by atoms with Crippen LogP contribution in [0.5, 0.6) is 23.0 Å². The largest absolute Gasteiger partial charge is 0.490 e. The van der Waals surface area contributed by atoms with Crippen molar-refractivity contribution in [1.82, 2.24) is 5.32 Å². The summed E-state index contributed by atoms with van der Waals surface area (Å²) in [4.78, 5) is 0. The first-order valence-corrected chi connectivity index (χ1v) is 10.3. The summed E-state index contributed by atoms with van der Waals surface area (Å²) < 4.78 is 17.7. The highest BCUT2D eigenvalue weighted by atomic mass is 16.5. The van der Waals surface area contributed by atoms with Gasteiger partial charge in [0.15, 0.2) is 11.5 Å². The monoisotopic (exact) mass is 389 g/mol. The minimum atomic E-state index is 0.0907. The van der Waals surface area contributed by atoms with Crippen molar-refractivity contribution in [2.45, 2.75) is 26.3 Å². The second kappa shape index (κ2) is 9.01. The Morgan fingerprint density at radius 1 is 0.828 bits per heavy atom. The molecule has 1 heterocycles. The zero-order valence-corrected chi connectivity index (χ0v) is 17.0. The van der Waals surface area contributed by atoms with Gasteiger partial charge in [0.05, 0.1) is 19.3 Å². The van der Waals surface area contributed by atoms with Gasteiger partial charge in [-0.25, -0.2) is 0 Å². The first kappa shape index (κ1) is 19.3. The molecule has 0 aliphatic carbocycles. The lowest BCUT2D eigenvalue weighted by Gasteiger charge is -2.29. The van der Waals surface area contributed by atoms with Gasteiger partial charge in [0.1, 0.15) is 11.5 Å². The Kier molecular flexibility index (Phi) is 6.01. The van der Waals surface area contributed by atoms with Gasteiger partial charge in [-0.05, 0) is 73.4 Å². The molecule has 0 fully saturated rings. The van der Waals surface area contributed by atoms with Gasteiger partial charge >= 0.3 is 0 Å². The van der Waals surface area contributed by atoms with E-state index >= 15 is 0 Å². The molecule has 0 amide bonds. The van der Waals surface area contributed by atoms with Crippen LogP contribution >= 0.6 is 0 Å². The maximum absolute atomic E-state index is 6.04. The maximum atomic E-state index is 6.04. The molecule has 3 aromatic carbocycles. The molecule has 3 aromatic rings. The predicted molar refractivity (Wildman–Crippen MR) is 115 cm³/mol. The number of hydrogen-bond acceptors (Lipinski definition) is 4. The molecule has 0 aromatic heterocycles. The van der Waals surface area contributed by atoms with Gasteiger partial charge < -0.3 is 19.5 Å². The van der Waals surface area contributed by atoms with Crippen LogP contribution in [-0.2, 0) is 6.42 Å². The van der Waals surface area contributed by atoms with E-state index in [1.54, 1.807) is 0 Å². The fraction of sp³-hybridized carbons (Fsp3) is 0.280. The molecule has 0 bridgehead atoms. The molecule has 1 atom stereocenters. The number of hydrogen-bond donors (Lipinski definition) is 1. The fourth-order valence-corrected chi connectivity index (χ4v) is 3.78. The van der Waals surface area contributed by atoms with Crippen molar-refractivity contribution in [3.8, 4) is 23.0 Å². The van der Waals surface area contributed by atoms with E-state index in [2.05, 4.69) is 29.6 Å². The average molecular weight is 389 g/mol. The van der Waals surface area contributed by atoms with Crippen molar-refractivity contribution in [2.75, 3.05) is 19.8 Å². The highest BCUT2D eigenvalue weighted by molar-refractivity contribution is 5.52. The number of para-hydroxylation sites is 1. The van der Waals surface area contributed by atoms with Gasteiger partial charge in [0, 0.05) is 6.54 Å². The molecule has 1 aliphatic heterocycles. The number of fused-ring (bicyclic) bond motifs is 1. The van der Waals surface area contributed by atoms with Crippen molar-refractivity contribution in [2.24, 2.45) is 0 Å². The third-order valence-electron chi connectivity index (χ3n) is 5.03. The zero-order chi connectivity index (χ0) is 20.1. The molecule has 4 heteroatoms. The Bertz CT molecular complexity index is 956. The standard InChI is InChI=1S/C25H27NO3/c1-3-27-23-16-18-13-14-26-25(22(18)17-24(23)28-4-2)19-9-8-12-21(15-19)29-20-10-6-5-7-11-20/h5-12,15-17,25-26H,3-4,13-14H2,1-2H3/t25-/m0/s1. The van der Waals surface area contributed by atoms with E-state index in [4.69, 9.17) is 14.2 Å². The molecule has 0 radical (unpaired) electrons. The molecule has 0 saturated carbocycles. The van der Waals surface area contributed by atoms with Crippen LogP contribution in [0.1, 0.15) is 36.6 Å². The van der Waals surface area contributed by atoms with Crippen molar-refractivity contribution < 1.29 is 14.2 Å². The van der Waals surface area contributed by atoms with Crippen molar-refractivity contribution >= 4 is 0 Å². The molecule has 0 saturated heterocycles. The Morgan fingerprint density at radius 3 is 2.31 bits per heavy atom. The Labute approximate surface area is 172 Å². The van der Waals surface area contributed by atoms with Gasteiger partial charge in [-0.3, -0.25) is 0 Å². The maximum Gasteiger partial charge on any atom is 0.161 e. The summed E-state index contributed by atoms with van der Waals surface area (Å²) in [6.07, 6.45) is 0.971. The molecule has 1 aliphatic rings. The fourth-order valence-electron chi connectivity index (χ4n) is 3.78. The van der Waals surface area contributed by atoms with Gasteiger partial charge in [-0.1, -0.05) is 30.3 Å². The summed E-state index contributed by atoms with van der Waals surface area (Å²) >= 11 is 0. The van der Waals surface area contributed by atoms with Crippen LogP contribution in [0.4, 0.5) is 0 Å². The highest BCUT2D eigenvalue weighted by Crippen LogP contribution is 2.38. The lowest BCUT2D eigenvalue weighted by atomic mass is 9.89. The van der Waals surface area contributed by atoms with Crippen LogP contribution in [0.2, 0.25) is 0 Å². The molecule has 29 heavy (non-hydrogen) atoms. The summed E-state index contributed by atoms with van der Waals surface area (Å²) in [6, 6.07) is 22.5. The van der Waals surface area contributed by atoms with E-state index in [9.17, 15) is 0 Å². The van der Waals surface area contributed by atoms with Crippen LogP contribution in [-0.4, -0.2) is 19.8 Å². The second-order valence-corrected chi connectivity index (χ2v) is 6.99. The summed E-state index contributed by atoms with van der Waals surface area (Å²) in [5.74, 6) is 3.30. The van der Waals surface area contributed by atoms with E-state index in [1.807, 2.05) is 56.3 Å². The molecular formula is C25H27NO3. The minimum Gasteiger partial charge on any atom is -0.490 e. The quantitative estimate of drug-likeness (QED) is 0.578. The number of ether oxygens (including phenoxy) is 3. The van der Waals surface area contributed by atoms with E-state index in [0.717, 1.165) is 36.0 Å². The summed E-state index contributed by atoms with van der Waals surface area (Å²) in [5.41, 5.74) is 3.71. The van der Waals surface area contributed by atoms with Gasteiger partial charge in [0.2, 0.25) is 0 Å². The molecule has 0 spiro atoms. The summed E-state index contributed by atoms with van der Waals surface area (Å²) in [6.45, 7) is 6.14. The van der Waals surface area contributed by atoms with Crippen molar-refractivity contribution in [1.29, 1.82) is 0 Å². The van der Waals surface area contributed by atoms with E-state index in [1.165, 1.54) is 16.7 Å². The lowest BCUT2D eigenvalue weighted by molar-refractivity contribution is 0.286. The smallest absolute Gasteiger partial charge is 0.161 e. The molecule has 4 nitrogen and oxygen atoms in total. The van der Waals surface area contributed by atoms with Crippen molar-refractivity contribution in [3.05, 3.63) is 83.4 Å². The first-order chi connectivity index (χ1) is 14.3. The third kappa shape index (κ3) is 4.38. The van der Waals surface area contributed by atoms with Crippen molar-refractivity contribution in [3.63, 3.8) is 0 Å². The van der Waals surface area contributed by atoms with Crippen LogP contribution in [0.15, 0.2) is 66.7 Å². The SMILES string of the molecule is CCOc1cc2c(cc1OCC)[C@H](c1cccc(Oc3ccccc3)c1)NCC2. The molecule has 150 valence electrons. The van der Waals surface area contributed by atoms with Crippen LogP contribution in [0.3, 0.4) is 0 Å². The normalized spacial score (nSPS) is 15.4.